The zero-order chi connectivity index (χ0) is 28.6. The number of ether oxygens (including phenoxy) is 2. The molecule has 2 aromatic heterocycles. The molecule has 0 aliphatic carbocycles. The maximum atomic E-state index is 15.3. The molecule has 8 nitrogen and oxygen atoms in total. The molecule has 0 radical (unpaired) electrons. The van der Waals surface area contributed by atoms with Crippen molar-refractivity contribution in [1.29, 1.82) is 0 Å². The van der Waals surface area contributed by atoms with Gasteiger partial charge in [-0.2, -0.15) is 0 Å². The minimum Gasteiger partial charge on any atom is -0.473 e. The first kappa shape index (κ1) is 27.6. The molecule has 0 saturated carbocycles. The summed E-state index contributed by atoms with van der Waals surface area (Å²) in [4.78, 5) is 16.3. The van der Waals surface area contributed by atoms with Crippen LogP contribution in [0.15, 0.2) is 48.5 Å². The molecular formula is C28H25ClF3N5O3. The Labute approximate surface area is 232 Å². The molecule has 5 rings (SSSR count). The van der Waals surface area contributed by atoms with Gasteiger partial charge in [-0.15, -0.1) is 10.2 Å². The number of carbonyl (C=O) groups is 1. The van der Waals surface area contributed by atoms with Crippen molar-refractivity contribution in [3.8, 4) is 17.1 Å². The molecule has 1 fully saturated rings. The van der Waals surface area contributed by atoms with Crippen molar-refractivity contribution in [3.05, 3.63) is 93.8 Å². The summed E-state index contributed by atoms with van der Waals surface area (Å²) in [6.45, 7) is 4.53. The number of hydrogen-bond donors (Lipinski definition) is 1. The van der Waals surface area contributed by atoms with E-state index in [1.807, 2.05) is 13.8 Å². The van der Waals surface area contributed by atoms with Crippen molar-refractivity contribution in [2.24, 2.45) is 11.1 Å². The summed E-state index contributed by atoms with van der Waals surface area (Å²) in [6, 6.07) is 10.6. The lowest BCUT2D eigenvalue weighted by molar-refractivity contribution is 0.0979. The van der Waals surface area contributed by atoms with Gasteiger partial charge in [0.05, 0.1) is 24.9 Å². The maximum absolute atomic E-state index is 15.3. The van der Waals surface area contributed by atoms with Gasteiger partial charge in [-0.25, -0.2) is 18.2 Å². The molecule has 1 saturated heterocycles. The van der Waals surface area contributed by atoms with Crippen LogP contribution in [0.1, 0.15) is 47.5 Å². The van der Waals surface area contributed by atoms with E-state index in [4.69, 9.17) is 26.8 Å². The lowest BCUT2D eigenvalue weighted by atomic mass is 9.87. The van der Waals surface area contributed by atoms with E-state index in [9.17, 15) is 9.18 Å². The number of carbonyl (C=O) groups excluding carboxylic acids is 1. The molecule has 40 heavy (non-hydrogen) atoms. The fraction of sp³-hybridized carbons (Fsp3) is 0.286. The van der Waals surface area contributed by atoms with Crippen LogP contribution in [-0.4, -0.2) is 38.9 Å². The molecular weight excluding hydrogens is 547 g/mol. The summed E-state index contributed by atoms with van der Waals surface area (Å²) >= 11 is 5.78. The molecule has 1 aliphatic rings. The van der Waals surface area contributed by atoms with Gasteiger partial charge < -0.3 is 19.8 Å². The summed E-state index contributed by atoms with van der Waals surface area (Å²) < 4.78 is 57.4. The first-order valence-corrected chi connectivity index (χ1v) is 12.7. The first-order valence-electron chi connectivity index (χ1n) is 12.4. The number of nitrogens with two attached hydrogens (primary N) is 1. The third-order valence-electron chi connectivity index (χ3n) is 6.83. The lowest BCUT2D eigenvalue weighted by Crippen LogP contribution is -2.31. The molecule has 208 valence electrons. The van der Waals surface area contributed by atoms with E-state index in [-0.39, 0.29) is 69.4 Å². The molecule has 0 bridgehead atoms. The van der Waals surface area contributed by atoms with Crippen LogP contribution in [0.5, 0.6) is 5.88 Å². The van der Waals surface area contributed by atoms with E-state index in [2.05, 4.69) is 15.2 Å². The topological polar surface area (TPSA) is 105 Å². The summed E-state index contributed by atoms with van der Waals surface area (Å²) in [5.41, 5.74) is 5.46. The van der Waals surface area contributed by atoms with Gasteiger partial charge in [0.1, 0.15) is 29.9 Å². The van der Waals surface area contributed by atoms with Gasteiger partial charge in [0, 0.05) is 34.1 Å². The highest BCUT2D eigenvalue weighted by Crippen LogP contribution is 2.39. The van der Waals surface area contributed by atoms with Crippen molar-refractivity contribution in [2.45, 2.75) is 32.9 Å². The largest absolute Gasteiger partial charge is 0.473 e. The Morgan fingerprint density at radius 1 is 1.10 bits per heavy atom. The van der Waals surface area contributed by atoms with Crippen LogP contribution >= 0.6 is 11.6 Å². The van der Waals surface area contributed by atoms with E-state index < -0.39 is 23.4 Å². The second-order valence-corrected chi connectivity index (χ2v) is 10.6. The SMILES string of the molecule is CC1(C)COC[C@@H]1n1c(Cc2cc(F)c(-c3cccc(OCc4ccc(Cl)cc4F)n3)cc2F)nnc1C(N)=O. The van der Waals surface area contributed by atoms with Crippen LogP contribution < -0.4 is 10.5 Å². The Morgan fingerprint density at radius 2 is 1.88 bits per heavy atom. The van der Waals surface area contributed by atoms with Gasteiger partial charge in [-0.05, 0) is 35.9 Å². The number of benzene rings is 2. The molecule has 3 heterocycles. The minimum atomic E-state index is -0.782. The summed E-state index contributed by atoms with van der Waals surface area (Å²) in [6.07, 6.45) is -0.140. The fourth-order valence-corrected chi connectivity index (χ4v) is 4.80. The van der Waals surface area contributed by atoms with E-state index in [0.29, 0.717) is 13.2 Å². The average Bonchev–Trinajstić information content (AvgIpc) is 3.47. The minimum absolute atomic E-state index is 0.00765. The highest BCUT2D eigenvalue weighted by Gasteiger charge is 2.40. The summed E-state index contributed by atoms with van der Waals surface area (Å²) in [5.74, 6) is -2.46. The van der Waals surface area contributed by atoms with Crippen molar-refractivity contribution < 1.29 is 27.4 Å². The Balaban J connectivity index is 1.40. The van der Waals surface area contributed by atoms with Crippen LogP contribution in [0.25, 0.3) is 11.3 Å². The molecule has 1 aliphatic heterocycles. The lowest BCUT2D eigenvalue weighted by Gasteiger charge is -2.27. The van der Waals surface area contributed by atoms with E-state index in [0.717, 1.165) is 12.1 Å². The Hall–Kier alpha value is -3.96. The Kier molecular flexibility index (Phi) is 7.52. The second kappa shape index (κ2) is 10.9. The highest BCUT2D eigenvalue weighted by molar-refractivity contribution is 6.30. The van der Waals surface area contributed by atoms with Crippen molar-refractivity contribution in [1.82, 2.24) is 19.7 Å². The molecule has 2 aromatic carbocycles. The van der Waals surface area contributed by atoms with Crippen LogP contribution in [-0.2, 0) is 17.8 Å². The quantitative estimate of drug-likeness (QED) is 0.309. The van der Waals surface area contributed by atoms with Crippen molar-refractivity contribution in [2.75, 3.05) is 13.2 Å². The normalized spacial score (nSPS) is 16.3. The van der Waals surface area contributed by atoms with Gasteiger partial charge in [-0.3, -0.25) is 4.79 Å². The van der Waals surface area contributed by atoms with E-state index in [1.54, 1.807) is 10.6 Å². The van der Waals surface area contributed by atoms with Gasteiger partial charge in [0.15, 0.2) is 0 Å². The fourth-order valence-electron chi connectivity index (χ4n) is 4.64. The molecule has 4 aromatic rings. The van der Waals surface area contributed by atoms with Crippen molar-refractivity contribution in [3.63, 3.8) is 0 Å². The zero-order valence-electron chi connectivity index (χ0n) is 21.6. The van der Waals surface area contributed by atoms with Gasteiger partial charge >= 0.3 is 0 Å². The number of halogens is 4. The predicted octanol–water partition coefficient (Wildman–Crippen LogP) is 5.28. The smallest absolute Gasteiger partial charge is 0.286 e. The van der Waals surface area contributed by atoms with Crippen LogP contribution in [0.3, 0.4) is 0 Å². The van der Waals surface area contributed by atoms with Gasteiger partial charge in [0.25, 0.3) is 5.91 Å². The maximum Gasteiger partial charge on any atom is 0.286 e. The monoisotopic (exact) mass is 571 g/mol. The number of nitrogens with zero attached hydrogens (tertiary/aromatic N) is 4. The molecule has 2 N–H and O–H groups in total. The van der Waals surface area contributed by atoms with E-state index in [1.165, 1.54) is 30.3 Å². The highest BCUT2D eigenvalue weighted by atomic mass is 35.5. The molecule has 1 amide bonds. The number of hydrogen-bond acceptors (Lipinski definition) is 6. The number of aromatic nitrogens is 4. The van der Waals surface area contributed by atoms with Crippen LogP contribution in [0.2, 0.25) is 5.02 Å². The average molecular weight is 572 g/mol. The number of rotatable bonds is 8. The molecule has 1 atom stereocenters. The number of pyridine rings is 1. The zero-order valence-corrected chi connectivity index (χ0v) is 22.4. The van der Waals surface area contributed by atoms with Crippen LogP contribution in [0, 0.1) is 22.9 Å². The third-order valence-corrected chi connectivity index (χ3v) is 7.06. The standard InChI is InChI=1S/C28H25ClF3N5O3/c1-28(2)14-39-13-23(28)37-24(35-36-27(37)26(33)38)9-16-8-21(32)18(11-20(16)31)22-4-3-5-25(34-22)40-12-15-6-7-17(29)10-19(15)30/h3-8,10-11,23H,9,12-14H2,1-2H3,(H2,33,38)/t23-/m0/s1. The number of primary amides is 1. The molecule has 12 heteroatoms. The Morgan fingerprint density at radius 3 is 2.58 bits per heavy atom. The Bertz CT molecular complexity index is 1590. The number of amides is 1. The third kappa shape index (κ3) is 5.52. The van der Waals surface area contributed by atoms with Gasteiger partial charge in [0.2, 0.25) is 11.7 Å². The van der Waals surface area contributed by atoms with Crippen molar-refractivity contribution >= 4 is 17.5 Å². The molecule has 0 spiro atoms. The summed E-state index contributed by atoms with van der Waals surface area (Å²) in [7, 11) is 0. The summed E-state index contributed by atoms with van der Waals surface area (Å²) in [5, 5.41) is 8.23. The molecule has 0 unspecified atom stereocenters. The van der Waals surface area contributed by atoms with Crippen LogP contribution in [0.4, 0.5) is 13.2 Å². The van der Waals surface area contributed by atoms with Gasteiger partial charge in [-0.1, -0.05) is 37.6 Å². The predicted molar refractivity (Wildman–Crippen MR) is 140 cm³/mol. The first-order chi connectivity index (χ1) is 19.0. The van der Waals surface area contributed by atoms with E-state index >= 15 is 8.78 Å². The second-order valence-electron chi connectivity index (χ2n) is 10.2.